The smallest absolute Gasteiger partial charge is 0.247 e. The Hall–Kier alpha value is -2.71. The number of nitrogens with zero attached hydrogens (tertiary/aromatic N) is 3. The Balaban J connectivity index is 1.70. The largest absolute Gasteiger partial charge is 0.471 e. The molecule has 0 saturated heterocycles. The number of imidazole rings is 1. The zero-order valence-corrected chi connectivity index (χ0v) is 11.8. The number of nitrogens with two attached hydrogens (primary N) is 1. The summed E-state index contributed by atoms with van der Waals surface area (Å²) in [6, 6.07) is 7.86. The Kier molecular flexibility index (Phi) is 4.12. The number of ether oxygens (including phenoxy) is 1. The van der Waals surface area contributed by atoms with Gasteiger partial charge in [0.25, 0.3) is 0 Å². The van der Waals surface area contributed by atoms with Gasteiger partial charge in [-0.2, -0.15) is 9.97 Å². The molecule has 114 valence electrons. The van der Waals surface area contributed by atoms with Crippen molar-refractivity contribution in [2.45, 2.75) is 13.2 Å². The number of aromatic amines is 1. The maximum Gasteiger partial charge on any atom is 0.247 e. The van der Waals surface area contributed by atoms with Crippen molar-refractivity contribution < 1.29 is 9.84 Å². The molecule has 0 aliphatic carbocycles. The lowest BCUT2D eigenvalue weighted by atomic mass is 10.1. The molecule has 3 aromatic rings. The second-order valence-electron chi connectivity index (χ2n) is 4.68. The molecule has 2 heterocycles. The fraction of sp³-hybridized carbons (Fsp3) is 0.214. The fourth-order valence-electron chi connectivity index (χ4n) is 2.03. The summed E-state index contributed by atoms with van der Waals surface area (Å²) in [5, 5.41) is 11.6. The van der Waals surface area contributed by atoms with E-state index in [4.69, 9.17) is 15.6 Å². The Morgan fingerprint density at radius 3 is 2.73 bits per heavy atom. The van der Waals surface area contributed by atoms with E-state index in [9.17, 15) is 0 Å². The maximum absolute atomic E-state index is 8.72. The third-order valence-corrected chi connectivity index (χ3v) is 3.10. The number of H-pyrrole nitrogens is 1. The third-order valence-electron chi connectivity index (χ3n) is 3.10. The van der Waals surface area contributed by atoms with E-state index in [1.807, 2.05) is 24.3 Å². The average molecular weight is 300 g/mol. The Labute approximate surface area is 126 Å². The molecule has 0 aliphatic heterocycles. The van der Waals surface area contributed by atoms with Crippen LogP contribution in [0.1, 0.15) is 11.1 Å². The van der Waals surface area contributed by atoms with Gasteiger partial charge in [-0.05, 0) is 11.1 Å². The normalized spacial score (nSPS) is 11.0. The summed E-state index contributed by atoms with van der Waals surface area (Å²) in [7, 11) is 0. The highest BCUT2D eigenvalue weighted by molar-refractivity contribution is 5.76. The molecule has 0 spiro atoms. The van der Waals surface area contributed by atoms with Gasteiger partial charge in [0.05, 0.1) is 13.1 Å². The molecule has 0 unspecified atom stereocenters. The summed E-state index contributed by atoms with van der Waals surface area (Å²) in [6.07, 6.45) is 1.52. The monoisotopic (exact) mass is 300 g/mol. The van der Waals surface area contributed by atoms with E-state index in [2.05, 4.69) is 25.3 Å². The molecular weight excluding hydrogens is 284 g/mol. The first-order valence-electron chi connectivity index (χ1n) is 6.75. The SMILES string of the molecule is Nc1nc(OCc2ccc(CNCO)cc2)c2nc[nH]c2n1. The quantitative estimate of drug-likeness (QED) is 0.490. The molecule has 0 fully saturated rings. The van der Waals surface area contributed by atoms with Gasteiger partial charge in [0.15, 0.2) is 11.2 Å². The summed E-state index contributed by atoms with van der Waals surface area (Å²) < 4.78 is 5.70. The molecule has 0 radical (unpaired) electrons. The van der Waals surface area contributed by atoms with Crippen molar-refractivity contribution in [2.75, 3.05) is 12.5 Å². The minimum atomic E-state index is -0.0420. The Morgan fingerprint density at radius 1 is 1.18 bits per heavy atom. The van der Waals surface area contributed by atoms with Gasteiger partial charge in [-0.1, -0.05) is 24.3 Å². The highest BCUT2D eigenvalue weighted by Gasteiger charge is 2.10. The van der Waals surface area contributed by atoms with Gasteiger partial charge in [-0.25, -0.2) is 4.98 Å². The van der Waals surface area contributed by atoms with Gasteiger partial charge in [0.2, 0.25) is 11.8 Å². The number of aromatic nitrogens is 4. The highest BCUT2D eigenvalue weighted by atomic mass is 16.5. The fourth-order valence-corrected chi connectivity index (χ4v) is 2.03. The number of nitrogen functional groups attached to an aromatic ring is 1. The van der Waals surface area contributed by atoms with Gasteiger partial charge in [0.1, 0.15) is 6.61 Å². The van der Waals surface area contributed by atoms with Crippen LogP contribution in [0.4, 0.5) is 5.95 Å². The molecule has 5 N–H and O–H groups in total. The number of hydrogen-bond acceptors (Lipinski definition) is 7. The predicted octanol–water partition coefficient (Wildman–Crippen LogP) is 0.553. The molecule has 2 aromatic heterocycles. The van der Waals surface area contributed by atoms with Crippen molar-refractivity contribution in [3.8, 4) is 5.88 Å². The lowest BCUT2D eigenvalue weighted by Crippen LogP contribution is -2.13. The van der Waals surface area contributed by atoms with Crippen LogP contribution >= 0.6 is 0 Å². The number of aliphatic hydroxyl groups is 1. The summed E-state index contributed by atoms with van der Waals surface area (Å²) in [6.45, 7) is 0.930. The third kappa shape index (κ3) is 3.13. The second-order valence-corrected chi connectivity index (χ2v) is 4.68. The zero-order chi connectivity index (χ0) is 15.4. The second kappa shape index (κ2) is 6.37. The van der Waals surface area contributed by atoms with Gasteiger partial charge in [0, 0.05) is 6.54 Å². The van der Waals surface area contributed by atoms with E-state index in [0.29, 0.717) is 30.2 Å². The van der Waals surface area contributed by atoms with Crippen molar-refractivity contribution >= 4 is 17.1 Å². The lowest BCUT2D eigenvalue weighted by molar-refractivity contribution is 0.259. The van der Waals surface area contributed by atoms with Crippen LogP contribution in [-0.4, -0.2) is 31.8 Å². The number of nitrogens with one attached hydrogen (secondary N) is 2. The van der Waals surface area contributed by atoms with Crippen molar-refractivity contribution in [3.05, 3.63) is 41.7 Å². The van der Waals surface area contributed by atoms with Gasteiger partial charge in [-0.3, -0.25) is 5.32 Å². The highest BCUT2D eigenvalue weighted by Crippen LogP contribution is 2.20. The molecule has 3 rings (SSSR count). The van der Waals surface area contributed by atoms with Crippen LogP contribution in [0.3, 0.4) is 0 Å². The summed E-state index contributed by atoms with van der Waals surface area (Å²) in [5.74, 6) is 0.493. The van der Waals surface area contributed by atoms with Crippen LogP contribution in [0, 0.1) is 0 Å². The van der Waals surface area contributed by atoms with Crippen molar-refractivity contribution in [1.82, 2.24) is 25.3 Å². The molecule has 0 atom stereocenters. The van der Waals surface area contributed by atoms with Crippen molar-refractivity contribution in [2.24, 2.45) is 0 Å². The molecule has 0 bridgehead atoms. The summed E-state index contributed by atoms with van der Waals surface area (Å²) >= 11 is 0. The van der Waals surface area contributed by atoms with Crippen molar-refractivity contribution in [1.29, 1.82) is 0 Å². The van der Waals surface area contributed by atoms with E-state index < -0.39 is 0 Å². The predicted molar refractivity (Wildman–Crippen MR) is 80.8 cm³/mol. The van der Waals surface area contributed by atoms with E-state index in [-0.39, 0.29) is 12.7 Å². The Bertz CT molecular complexity index is 756. The van der Waals surface area contributed by atoms with Crippen LogP contribution in [0.15, 0.2) is 30.6 Å². The van der Waals surface area contributed by atoms with E-state index in [1.54, 1.807) is 0 Å². The van der Waals surface area contributed by atoms with Gasteiger partial charge in [-0.15, -0.1) is 0 Å². The van der Waals surface area contributed by atoms with Crippen LogP contribution in [0.2, 0.25) is 0 Å². The molecule has 0 aliphatic rings. The summed E-state index contributed by atoms with van der Waals surface area (Å²) in [5.41, 5.74) is 8.82. The summed E-state index contributed by atoms with van der Waals surface area (Å²) in [4.78, 5) is 15.1. The first-order valence-corrected chi connectivity index (χ1v) is 6.75. The maximum atomic E-state index is 8.72. The molecule has 8 nitrogen and oxygen atoms in total. The van der Waals surface area contributed by atoms with Crippen LogP contribution in [0.5, 0.6) is 5.88 Å². The first-order chi connectivity index (χ1) is 10.8. The zero-order valence-electron chi connectivity index (χ0n) is 11.8. The standard InChI is InChI=1S/C14H16N6O2/c15-14-19-12-11(17-7-18-12)13(20-14)22-6-10-3-1-9(2-4-10)5-16-8-21/h1-4,7,16,21H,5-6,8H2,(H3,15,17,18,19,20). The van der Waals surface area contributed by atoms with E-state index in [1.165, 1.54) is 6.33 Å². The average Bonchev–Trinajstić information content (AvgIpc) is 3.00. The molecule has 0 saturated carbocycles. The molecule has 22 heavy (non-hydrogen) atoms. The minimum absolute atomic E-state index is 0.0420. The molecule has 8 heteroatoms. The lowest BCUT2D eigenvalue weighted by Gasteiger charge is -2.07. The molecular formula is C14H16N6O2. The minimum Gasteiger partial charge on any atom is -0.471 e. The number of benzene rings is 1. The van der Waals surface area contributed by atoms with Crippen LogP contribution in [0.25, 0.3) is 11.2 Å². The number of fused-ring (bicyclic) bond motifs is 1. The van der Waals surface area contributed by atoms with Gasteiger partial charge >= 0.3 is 0 Å². The topological polar surface area (TPSA) is 122 Å². The van der Waals surface area contributed by atoms with Crippen LogP contribution < -0.4 is 15.8 Å². The van der Waals surface area contributed by atoms with E-state index >= 15 is 0 Å². The number of rotatable bonds is 6. The first kappa shape index (κ1) is 14.2. The number of aliphatic hydroxyl groups excluding tert-OH is 1. The molecule has 1 aromatic carbocycles. The van der Waals surface area contributed by atoms with E-state index in [0.717, 1.165) is 11.1 Å². The van der Waals surface area contributed by atoms with Gasteiger partial charge < -0.3 is 20.6 Å². The van der Waals surface area contributed by atoms with Crippen LogP contribution in [-0.2, 0) is 13.2 Å². The van der Waals surface area contributed by atoms with Crippen molar-refractivity contribution in [3.63, 3.8) is 0 Å². The Morgan fingerprint density at radius 2 is 1.95 bits per heavy atom. The number of hydrogen-bond donors (Lipinski definition) is 4. The molecule has 0 amide bonds. The number of anilines is 1.